The van der Waals surface area contributed by atoms with Gasteiger partial charge in [-0.1, -0.05) is 13.3 Å². The first-order valence-electron chi connectivity index (χ1n) is 5.70. The third kappa shape index (κ3) is 2.23. The number of hydrogen-bond acceptors (Lipinski definition) is 2. The summed E-state index contributed by atoms with van der Waals surface area (Å²) < 4.78 is 0. The van der Waals surface area contributed by atoms with Crippen LogP contribution in [-0.2, 0) is 0 Å². The molecule has 0 spiro atoms. The molecule has 1 saturated carbocycles. The lowest BCUT2D eigenvalue weighted by atomic mass is 10.1. The smallest absolute Gasteiger partial charge is 0.0209 e. The lowest BCUT2D eigenvalue weighted by Gasteiger charge is -2.22. The fourth-order valence-electron chi connectivity index (χ4n) is 2.77. The SMILES string of the molecule is C[C@H]1CCC[C@H]1N[C@@H]1CCN(C)C1. The second-order valence-corrected chi connectivity index (χ2v) is 4.93. The van der Waals surface area contributed by atoms with Crippen molar-refractivity contribution in [2.45, 2.75) is 44.7 Å². The zero-order chi connectivity index (χ0) is 9.26. The molecule has 2 nitrogen and oxygen atoms in total. The number of nitrogens with one attached hydrogen (secondary N) is 1. The molecule has 1 N–H and O–H groups in total. The van der Waals surface area contributed by atoms with Gasteiger partial charge in [-0.25, -0.2) is 0 Å². The Morgan fingerprint density at radius 1 is 1.23 bits per heavy atom. The highest BCUT2D eigenvalue weighted by atomic mass is 15.2. The maximum atomic E-state index is 3.82. The summed E-state index contributed by atoms with van der Waals surface area (Å²) in [4.78, 5) is 2.43. The molecule has 3 atom stereocenters. The van der Waals surface area contributed by atoms with E-state index in [-0.39, 0.29) is 0 Å². The minimum Gasteiger partial charge on any atom is -0.310 e. The van der Waals surface area contributed by atoms with Crippen LogP contribution in [0.4, 0.5) is 0 Å². The molecule has 1 saturated heterocycles. The van der Waals surface area contributed by atoms with Gasteiger partial charge in [-0.3, -0.25) is 0 Å². The van der Waals surface area contributed by atoms with Gasteiger partial charge in [0, 0.05) is 18.6 Å². The molecule has 0 radical (unpaired) electrons. The van der Waals surface area contributed by atoms with Crippen molar-refractivity contribution in [1.29, 1.82) is 0 Å². The molecule has 1 aliphatic heterocycles. The molecular weight excluding hydrogens is 160 g/mol. The Bertz CT molecular complexity index is 169. The third-order valence-corrected chi connectivity index (χ3v) is 3.70. The zero-order valence-electron chi connectivity index (χ0n) is 8.92. The Labute approximate surface area is 81.7 Å². The molecule has 0 aromatic heterocycles. The summed E-state index contributed by atoms with van der Waals surface area (Å²) in [7, 11) is 2.22. The van der Waals surface area contributed by atoms with Gasteiger partial charge in [0.2, 0.25) is 0 Å². The molecule has 2 rings (SSSR count). The predicted octanol–water partition coefficient (Wildman–Crippen LogP) is 1.47. The quantitative estimate of drug-likeness (QED) is 0.695. The molecular formula is C11H22N2. The largest absolute Gasteiger partial charge is 0.310 e. The van der Waals surface area contributed by atoms with Gasteiger partial charge in [0.05, 0.1) is 0 Å². The molecule has 1 heterocycles. The monoisotopic (exact) mass is 182 g/mol. The van der Waals surface area contributed by atoms with Gasteiger partial charge in [0.1, 0.15) is 0 Å². The van der Waals surface area contributed by atoms with Crippen LogP contribution in [0.15, 0.2) is 0 Å². The van der Waals surface area contributed by atoms with Gasteiger partial charge in [-0.15, -0.1) is 0 Å². The summed E-state index contributed by atoms with van der Waals surface area (Å²) in [6, 6.07) is 1.59. The van der Waals surface area contributed by atoms with Gasteiger partial charge >= 0.3 is 0 Å². The lowest BCUT2D eigenvalue weighted by Crippen LogP contribution is -2.40. The minimum atomic E-state index is 0.774. The van der Waals surface area contributed by atoms with Crippen LogP contribution in [0.3, 0.4) is 0 Å². The first kappa shape index (κ1) is 9.47. The Morgan fingerprint density at radius 3 is 2.62 bits per heavy atom. The van der Waals surface area contributed by atoms with Crippen molar-refractivity contribution in [2.24, 2.45) is 5.92 Å². The van der Waals surface area contributed by atoms with E-state index in [1.54, 1.807) is 0 Å². The maximum Gasteiger partial charge on any atom is 0.0209 e. The van der Waals surface area contributed by atoms with Gasteiger partial charge in [-0.2, -0.15) is 0 Å². The fraction of sp³-hybridized carbons (Fsp3) is 1.00. The van der Waals surface area contributed by atoms with Gasteiger partial charge in [-0.05, 0) is 38.8 Å². The highest BCUT2D eigenvalue weighted by Crippen LogP contribution is 2.25. The van der Waals surface area contributed by atoms with Crippen molar-refractivity contribution >= 4 is 0 Å². The van der Waals surface area contributed by atoms with E-state index in [0.717, 1.165) is 18.0 Å². The van der Waals surface area contributed by atoms with Crippen LogP contribution < -0.4 is 5.32 Å². The van der Waals surface area contributed by atoms with Crippen molar-refractivity contribution < 1.29 is 0 Å². The van der Waals surface area contributed by atoms with E-state index in [9.17, 15) is 0 Å². The molecule has 2 fully saturated rings. The predicted molar refractivity (Wildman–Crippen MR) is 55.8 cm³/mol. The van der Waals surface area contributed by atoms with Crippen molar-refractivity contribution in [1.82, 2.24) is 10.2 Å². The van der Waals surface area contributed by atoms with E-state index in [1.165, 1.54) is 38.8 Å². The Balaban J connectivity index is 1.77. The molecule has 0 unspecified atom stereocenters. The highest BCUT2D eigenvalue weighted by Gasteiger charge is 2.27. The molecule has 13 heavy (non-hydrogen) atoms. The highest BCUT2D eigenvalue weighted by molar-refractivity contribution is 4.87. The normalized spacial score (nSPS) is 41.5. The second kappa shape index (κ2) is 3.97. The van der Waals surface area contributed by atoms with Crippen molar-refractivity contribution in [3.8, 4) is 0 Å². The molecule has 0 aromatic carbocycles. The van der Waals surface area contributed by atoms with Crippen LogP contribution in [0.2, 0.25) is 0 Å². The van der Waals surface area contributed by atoms with Crippen LogP contribution in [0.5, 0.6) is 0 Å². The fourth-order valence-corrected chi connectivity index (χ4v) is 2.77. The van der Waals surface area contributed by atoms with Crippen LogP contribution in [0.1, 0.15) is 32.6 Å². The summed E-state index contributed by atoms with van der Waals surface area (Å²) in [5.74, 6) is 0.908. The van der Waals surface area contributed by atoms with E-state index < -0.39 is 0 Å². The van der Waals surface area contributed by atoms with Crippen molar-refractivity contribution in [2.75, 3.05) is 20.1 Å². The number of nitrogens with zero attached hydrogens (tertiary/aromatic N) is 1. The van der Waals surface area contributed by atoms with Crippen LogP contribution in [-0.4, -0.2) is 37.1 Å². The average Bonchev–Trinajstić information content (AvgIpc) is 2.64. The van der Waals surface area contributed by atoms with Crippen LogP contribution >= 0.6 is 0 Å². The molecule has 0 aromatic rings. The average molecular weight is 182 g/mol. The van der Waals surface area contributed by atoms with E-state index in [1.807, 2.05) is 0 Å². The summed E-state index contributed by atoms with van der Waals surface area (Å²) in [6.45, 7) is 4.92. The summed E-state index contributed by atoms with van der Waals surface area (Å²) in [5.41, 5.74) is 0. The van der Waals surface area contributed by atoms with Gasteiger partial charge in [0.25, 0.3) is 0 Å². The van der Waals surface area contributed by atoms with Crippen molar-refractivity contribution in [3.05, 3.63) is 0 Å². The topological polar surface area (TPSA) is 15.3 Å². The molecule has 2 heteroatoms. The molecule has 0 bridgehead atoms. The van der Waals surface area contributed by atoms with E-state index in [2.05, 4.69) is 24.2 Å². The standard InChI is InChI=1S/C11H22N2/c1-9-4-3-5-11(9)12-10-6-7-13(2)8-10/h9-12H,3-8H2,1-2H3/t9-,10+,11+/m0/s1. The van der Waals surface area contributed by atoms with E-state index >= 15 is 0 Å². The molecule has 2 aliphatic rings. The summed E-state index contributed by atoms with van der Waals surface area (Å²) in [6.07, 6.45) is 5.61. The zero-order valence-corrected chi connectivity index (χ0v) is 8.92. The first-order valence-corrected chi connectivity index (χ1v) is 5.70. The summed E-state index contributed by atoms with van der Waals surface area (Å²) >= 11 is 0. The van der Waals surface area contributed by atoms with Gasteiger partial charge in [0.15, 0.2) is 0 Å². The first-order chi connectivity index (χ1) is 6.25. The Morgan fingerprint density at radius 2 is 2.08 bits per heavy atom. The molecule has 76 valence electrons. The molecule has 0 amide bonds. The number of likely N-dealkylation sites (N-methyl/N-ethyl adjacent to an activating group) is 1. The number of hydrogen-bond donors (Lipinski definition) is 1. The van der Waals surface area contributed by atoms with E-state index in [4.69, 9.17) is 0 Å². The van der Waals surface area contributed by atoms with Crippen molar-refractivity contribution in [3.63, 3.8) is 0 Å². The third-order valence-electron chi connectivity index (χ3n) is 3.70. The van der Waals surface area contributed by atoms with Gasteiger partial charge < -0.3 is 10.2 Å². The Kier molecular flexibility index (Phi) is 2.89. The Hall–Kier alpha value is -0.0800. The number of likely N-dealkylation sites (tertiary alicyclic amines) is 1. The minimum absolute atomic E-state index is 0.774. The summed E-state index contributed by atoms with van der Waals surface area (Å²) in [5, 5.41) is 3.82. The number of rotatable bonds is 2. The lowest BCUT2D eigenvalue weighted by molar-refractivity contribution is 0.353. The van der Waals surface area contributed by atoms with E-state index in [0.29, 0.717) is 0 Å². The maximum absolute atomic E-state index is 3.82. The van der Waals surface area contributed by atoms with Crippen LogP contribution in [0.25, 0.3) is 0 Å². The molecule has 1 aliphatic carbocycles. The second-order valence-electron chi connectivity index (χ2n) is 4.93. The van der Waals surface area contributed by atoms with Crippen LogP contribution in [0, 0.1) is 5.92 Å².